The van der Waals surface area contributed by atoms with Gasteiger partial charge in [-0.2, -0.15) is 0 Å². The fourth-order valence-corrected chi connectivity index (χ4v) is 2.83. The second kappa shape index (κ2) is 6.49. The van der Waals surface area contributed by atoms with Gasteiger partial charge in [0.15, 0.2) is 0 Å². The Hall–Kier alpha value is -1.22. The molecule has 0 radical (unpaired) electrons. The van der Waals surface area contributed by atoms with Crippen LogP contribution in [0.15, 0.2) is 42.5 Å². The van der Waals surface area contributed by atoms with Crippen molar-refractivity contribution in [1.29, 1.82) is 0 Å². The van der Waals surface area contributed by atoms with Crippen molar-refractivity contribution >= 4 is 23.2 Å². The van der Waals surface area contributed by atoms with E-state index in [4.69, 9.17) is 23.2 Å². The van der Waals surface area contributed by atoms with Gasteiger partial charge in [-0.15, -0.1) is 0 Å². The van der Waals surface area contributed by atoms with Gasteiger partial charge >= 0.3 is 0 Å². The number of halogens is 2. The number of phenolic OH excluding ortho intramolecular Hbond substituents is 1. The summed E-state index contributed by atoms with van der Waals surface area (Å²) in [7, 11) is 0. The number of para-hydroxylation sites is 1. The zero-order valence-corrected chi connectivity index (χ0v) is 12.9. The minimum absolute atomic E-state index is 0.0120. The monoisotopic (exact) mass is 309 g/mol. The number of phenols is 1. The van der Waals surface area contributed by atoms with E-state index >= 15 is 0 Å². The lowest BCUT2D eigenvalue weighted by molar-refractivity contribution is 0.438. The Labute approximate surface area is 129 Å². The van der Waals surface area contributed by atoms with Crippen LogP contribution in [0.25, 0.3) is 0 Å². The van der Waals surface area contributed by atoms with Gasteiger partial charge in [-0.1, -0.05) is 47.5 Å². The van der Waals surface area contributed by atoms with Gasteiger partial charge < -0.3 is 10.4 Å². The molecule has 4 heteroatoms. The van der Waals surface area contributed by atoms with Crippen LogP contribution in [0.4, 0.5) is 0 Å². The van der Waals surface area contributed by atoms with Gasteiger partial charge in [0.05, 0.1) is 0 Å². The summed E-state index contributed by atoms with van der Waals surface area (Å²) in [5, 5.41) is 14.6. The maximum atomic E-state index is 9.87. The van der Waals surface area contributed by atoms with Crippen molar-refractivity contribution in [3.8, 4) is 5.75 Å². The molecule has 0 aromatic heterocycles. The van der Waals surface area contributed by atoms with E-state index in [1.165, 1.54) is 0 Å². The zero-order chi connectivity index (χ0) is 14.7. The second-order valence-corrected chi connectivity index (χ2v) is 5.68. The third-order valence-electron chi connectivity index (χ3n) is 3.33. The highest BCUT2D eigenvalue weighted by atomic mass is 35.5. The molecule has 0 fully saturated rings. The van der Waals surface area contributed by atoms with Crippen LogP contribution >= 0.6 is 23.2 Å². The van der Waals surface area contributed by atoms with Crippen molar-refractivity contribution in [2.45, 2.75) is 25.9 Å². The number of nitrogens with one attached hydrogen (secondary N) is 1. The van der Waals surface area contributed by atoms with Gasteiger partial charge in [0.25, 0.3) is 0 Å². The Balaban J connectivity index is 2.15. The van der Waals surface area contributed by atoms with Gasteiger partial charge in [0.2, 0.25) is 0 Å². The molecule has 2 rings (SSSR count). The summed E-state index contributed by atoms with van der Waals surface area (Å²) in [6.45, 7) is 4.04. The molecular formula is C16H17Cl2NO. The highest BCUT2D eigenvalue weighted by Gasteiger charge is 2.15. The Morgan fingerprint density at radius 2 is 1.60 bits per heavy atom. The molecule has 2 atom stereocenters. The molecule has 0 aliphatic heterocycles. The maximum absolute atomic E-state index is 9.87. The second-order valence-electron chi connectivity index (χ2n) is 4.83. The summed E-state index contributed by atoms with van der Waals surface area (Å²) in [6, 6.07) is 12.9. The van der Waals surface area contributed by atoms with Crippen LogP contribution in [-0.4, -0.2) is 5.11 Å². The summed E-state index contributed by atoms with van der Waals surface area (Å²) in [5.41, 5.74) is 1.85. The average molecular weight is 310 g/mol. The molecule has 0 heterocycles. The quantitative estimate of drug-likeness (QED) is 0.822. The van der Waals surface area contributed by atoms with Crippen LogP contribution in [0, 0.1) is 0 Å². The van der Waals surface area contributed by atoms with E-state index < -0.39 is 0 Å². The highest BCUT2D eigenvalue weighted by molar-refractivity contribution is 6.35. The molecule has 0 saturated heterocycles. The first kappa shape index (κ1) is 15.2. The molecule has 2 unspecified atom stereocenters. The average Bonchev–Trinajstić information content (AvgIpc) is 2.38. The van der Waals surface area contributed by atoms with E-state index in [0.717, 1.165) is 11.1 Å². The molecule has 0 aliphatic carbocycles. The minimum Gasteiger partial charge on any atom is -0.508 e. The van der Waals surface area contributed by atoms with E-state index in [-0.39, 0.29) is 12.1 Å². The number of benzene rings is 2. The van der Waals surface area contributed by atoms with Gasteiger partial charge in [-0.3, -0.25) is 0 Å². The molecule has 2 aromatic rings. The Kier molecular flexibility index (Phi) is 4.92. The summed E-state index contributed by atoms with van der Waals surface area (Å²) in [6.07, 6.45) is 0. The number of rotatable bonds is 4. The molecule has 20 heavy (non-hydrogen) atoms. The minimum atomic E-state index is 0.0120. The zero-order valence-electron chi connectivity index (χ0n) is 11.4. The fourth-order valence-electron chi connectivity index (χ4n) is 2.26. The summed E-state index contributed by atoms with van der Waals surface area (Å²) in [4.78, 5) is 0. The van der Waals surface area contributed by atoms with Gasteiger partial charge in [0, 0.05) is 27.7 Å². The van der Waals surface area contributed by atoms with Crippen LogP contribution in [0.2, 0.25) is 10.0 Å². The first-order chi connectivity index (χ1) is 9.49. The van der Waals surface area contributed by atoms with E-state index in [9.17, 15) is 5.11 Å². The van der Waals surface area contributed by atoms with E-state index in [0.29, 0.717) is 15.8 Å². The molecule has 0 saturated carbocycles. The van der Waals surface area contributed by atoms with Gasteiger partial charge in [-0.25, -0.2) is 0 Å². The standard InChI is InChI=1S/C16H17Cl2NO/c1-10(13-8-7-12(17)9-15(13)18)19-11(2)14-5-3-4-6-16(14)20/h3-11,19-20H,1-2H3. The molecule has 0 aliphatic rings. The van der Waals surface area contributed by atoms with Crippen LogP contribution in [0.3, 0.4) is 0 Å². The molecule has 106 valence electrons. The maximum Gasteiger partial charge on any atom is 0.120 e. The van der Waals surface area contributed by atoms with Gasteiger partial charge in [0.1, 0.15) is 5.75 Å². The van der Waals surface area contributed by atoms with Crippen LogP contribution in [0.5, 0.6) is 5.75 Å². The lowest BCUT2D eigenvalue weighted by Crippen LogP contribution is -2.22. The first-order valence-corrected chi connectivity index (χ1v) is 7.23. The SMILES string of the molecule is CC(NC(C)c1ccc(Cl)cc1Cl)c1ccccc1O. The molecule has 2 aromatic carbocycles. The van der Waals surface area contributed by atoms with Crippen LogP contribution in [0.1, 0.15) is 37.1 Å². The van der Waals surface area contributed by atoms with Crippen molar-refractivity contribution in [1.82, 2.24) is 5.32 Å². The topological polar surface area (TPSA) is 32.3 Å². The number of hydrogen-bond acceptors (Lipinski definition) is 2. The lowest BCUT2D eigenvalue weighted by Gasteiger charge is -2.22. The predicted molar refractivity (Wildman–Crippen MR) is 84.5 cm³/mol. The Morgan fingerprint density at radius 3 is 2.25 bits per heavy atom. The third-order valence-corrected chi connectivity index (χ3v) is 3.89. The summed E-state index contributed by atoms with van der Waals surface area (Å²) in [5.74, 6) is 0.293. The smallest absolute Gasteiger partial charge is 0.120 e. The van der Waals surface area contributed by atoms with E-state index in [1.54, 1.807) is 12.1 Å². The summed E-state index contributed by atoms with van der Waals surface area (Å²) < 4.78 is 0. The van der Waals surface area contributed by atoms with E-state index in [1.807, 2.05) is 44.2 Å². The summed E-state index contributed by atoms with van der Waals surface area (Å²) >= 11 is 12.1. The van der Waals surface area contributed by atoms with Crippen LogP contribution < -0.4 is 5.32 Å². The number of aromatic hydroxyl groups is 1. The number of hydrogen-bond donors (Lipinski definition) is 2. The van der Waals surface area contributed by atoms with Crippen molar-refractivity contribution < 1.29 is 5.11 Å². The Morgan fingerprint density at radius 1 is 0.950 bits per heavy atom. The molecule has 2 nitrogen and oxygen atoms in total. The van der Waals surface area contributed by atoms with Crippen LogP contribution in [-0.2, 0) is 0 Å². The normalized spacial score (nSPS) is 14.0. The van der Waals surface area contributed by atoms with Crippen molar-refractivity contribution in [2.75, 3.05) is 0 Å². The molecule has 0 bridgehead atoms. The van der Waals surface area contributed by atoms with Gasteiger partial charge in [-0.05, 0) is 37.6 Å². The largest absolute Gasteiger partial charge is 0.508 e. The third kappa shape index (κ3) is 3.45. The van der Waals surface area contributed by atoms with Crippen molar-refractivity contribution in [2.24, 2.45) is 0 Å². The molecule has 0 spiro atoms. The fraction of sp³-hybridized carbons (Fsp3) is 0.250. The first-order valence-electron chi connectivity index (χ1n) is 6.48. The molecular weight excluding hydrogens is 293 g/mol. The Bertz CT molecular complexity index is 601. The predicted octanol–water partition coefficient (Wildman–Crippen LogP) is 5.11. The van der Waals surface area contributed by atoms with Crippen molar-refractivity contribution in [3.05, 3.63) is 63.6 Å². The van der Waals surface area contributed by atoms with E-state index in [2.05, 4.69) is 5.32 Å². The highest BCUT2D eigenvalue weighted by Crippen LogP contribution is 2.29. The van der Waals surface area contributed by atoms with Crippen molar-refractivity contribution in [3.63, 3.8) is 0 Å². The lowest BCUT2D eigenvalue weighted by atomic mass is 10.0. The molecule has 2 N–H and O–H groups in total. The molecule has 0 amide bonds.